The fourth-order valence-corrected chi connectivity index (χ4v) is 2.20. The molecule has 4 nitrogen and oxygen atoms in total. The highest BCUT2D eigenvalue weighted by Crippen LogP contribution is 2.23. The van der Waals surface area contributed by atoms with Gasteiger partial charge in [0.25, 0.3) is 0 Å². The van der Waals surface area contributed by atoms with Crippen LogP contribution in [0.1, 0.15) is 5.56 Å². The molecule has 1 amide bonds. The van der Waals surface area contributed by atoms with E-state index < -0.39 is 11.9 Å². The molecule has 0 unspecified atom stereocenters. The number of hydrogen-bond donors (Lipinski definition) is 1. The molecular weight excluding hydrogens is 319 g/mol. The molecule has 0 fully saturated rings. The zero-order chi connectivity index (χ0) is 16.1. The summed E-state index contributed by atoms with van der Waals surface area (Å²) in [5.74, 6) is -0.650. The molecule has 0 aliphatic heterocycles. The average molecular weight is 339 g/mol. The number of nitrogens with two attached hydrogens (primary N) is 1. The van der Waals surface area contributed by atoms with Crippen molar-refractivity contribution < 1.29 is 13.9 Å². The Labute approximate surface area is 141 Å². The Morgan fingerprint density at radius 3 is 2.48 bits per heavy atom. The van der Waals surface area contributed by atoms with E-state index in [0.717, 1.165) is 5.56 Å². The number of likely N-dealkylation sites (N-methyl/N-ethyl adjacent to an activating group) is 1. The van der Waals surface area contributed by atoms with Crippen molar-refractivity contribution in [1.29, 1.82) is 0 Å². The van der Waals surface area contributed by atoms with Crippen molar-refractivity contribution >= 4 is 24.0 Å². The molecule has 2 aromatic carbocycles. The van der Waals surface area contributed by atoms with E-state index in [0.29, 0.717) is 12.1 Å². The number of anilines is 1. The maximum absolute atomic E-state index is 13.7. The molecule has 1 atom stereocenters. The highest BCUT2D eigenvalue weighted by Gasteiger charge is 2.20. The molecular formula is C17H20ClFN2O2. The van der Waals surface area contributed by atoms with Crippen LogP contribution in [-0.4, -0.2) is 26.1 Å². The first-order valence-electron chi connectivity index (χ1n) is 6.93. The Morgan fingerprint density at radius 1 is 1.26 bits per heavy atom. The summed E-state index contributed by atoms with van der Waals surface area (Å²) < 4.78 is 18.6. The van der Waals surface area contributed by atoms with E-state index >= 15 is 0 Å². The average Bonchev–Trinajstić information content (AvgIpc) is 2.54. The van der Waals surface area contributed by atoms with E-state index in [1.807, 2.05) is 30.3 Å². The van der Waals surface area contributed by atoms with Crippen molar-refractivity contribution in [2.45, 2.75) is 12.5 Å². The fourth-order valence-electron chi connectivity index (χ4n) is 2.20. The molecule has 2 N–H and O–H groups in total. The molecule has 0 aromatic heterocycles. The summed E-state index contributed by atoms with van der Waals surface area (Å²) in [5, 5.41) is 0. The van der Waals surface area contributed by atoms with Crippen LogP contribution < -0.4 is 15.4 Å². The smallest absolute Gasteiger partial charge is 0.243 e. The van der Waals surface area contributed by atoms with Gasteiger partial charge in [-0.3, -0.25) is 4.79 Å². The number of amides is 1. The lowest BCUT2D eigenvalue weighted by atomic mass is 10.1. The van der Waals surface area contributed by atoms with Crippen LogP contribution in [0.15, 0.2) is 48.5 Å². The van der Waals surface area contributed by atoms with Gasteiger partial charge in [-0.2, -0.15) is 0 Å². The molecule has 124 valence electrons. The Bertz CT molecular complexity index is 652. The van der Waals surface area contributed by atoms with Gasteiger partial charge < -0.3 is 15.4 Å². The van der Waals surface area contributed by atoms with Crippen molar-refractivity contribution in [3.63, 3.8) is 0 Å². The van der Waals surface area contributed by atoms with E-state index in [-0.39, 0.29) is 24.1 Å². The number of halogens is 2. The minimum atomic E-state index is -0.683. The molecule has 0 aliphatic carbocycles. The van der Waals surface area contributed by atoms with Crippen LogP contribution in [0.25, 0.3) is 0 Å². The lowest BCUT2D eigenvalue weighted by Gasteiger charge is -2.22. The number of rotatable bonds is 5. The van der Waals surface area contributed by atoms with Gasteiger partial charge in [0.2, 0.25) is 5.91 Å². The first-order valence-corrected chi connectivity index (χ1v) is 6.93. The number of methoxy groups -OCH3 is 1. The predicted molar refractivity (Wildman–Crippen MR) is 91.7 cm³/mol. The second-order valence-electron chi connectivity index (χ2n) is 5.01. The third-order valence-corrected chi connectivity index (χ3v) is 3.47. The summed E-state index contributed by atoms with van der Waals surface area (Å²) in [6.45, 7) is 0. The number of nitrogens with zero attached hydrogens (tertiary/aromatic N) is 1. The van der Waals surface area contributed by atoms with Gasteiger partial charge in [0, 0.05) is 18.8 Å². The number of carbonyl (C=O) groups is 1. The van der Waals surface area contributed by atoms with Crippen molar-refractivity contribution in [3.05, 3.63) is 59.9 Å². The molecule has 0 saturated heterocycles. The fraction of sp³-hybridized carbons (Fsp3) is 0.235. The van der Waals surface area contributed by atoms with Crippen LogP contribution in [0, 0.1) is 5.82 Å². The molecule has 0 spiro atoms. The van der Waals surface area contributed by atoms with Gasteiger partial charge in [-0.1, -0.05) is 30.3 Å². The van der Waals surface area contributed by atoms with Gasteiger partial charge in [-0.25, -0.2) is 4.39 Å². The molecule has 6 heteroatoms. The predicted octanol–water partition coefficient (Wildman–Crippen LogP) is 2.79. The second kappa shape index (κ2) is 8.50. The zero-order valence-corrected chi connectivity index (χ0v) is 13.8. The van der Waals surface area contributed by atoms with Crippen LogP contribution in [0.5, 0.6) is 5.75 Å². The number of benzene rings is 2. The van der Waals surface area contributed by atoms with Crippen LogP contribution >= 0.6 is 12.4 Å². The van der Waals surface area contributed by atoms with Gasteiger partial charge in [0.05, 0.1) is 13.2 Å². The van der Waals surface area contributed by atoms with Gasteiger partial charge in [-0.15, -0.1) is 12.4 Å². The van der Waals surface area contributed by atoms with Crippen LogP contribution in [0.4, 0.5) is 10.1 Å². The maximum atomic E-state index is 13.7. The molecule has 2 rings (SSSR count). The van der Waals surface area contributed by atoms with E-state index in [1.54, 1.807) is 13.1 Å². The first kappa shape index (κ1) is 18.9. The number of ether oxygens (including phenoxy) is 1. The van der Waals surface area contributed by atoms with Crippen LogP contribution in [0.2, 0.25) is 0 Å². The molecule has 0 bridgehead atoms. The molecule has 23 heavy (non-hydrogen) atoms. The summed E-state index contributed by atoms with van der Waals surface area (Å²) in [6.07, 6.45) is 0.433. The number of carbonyl (C=O) groups excluding carboxylic acids is 1. The molecule has 0 aliphatic rings. The Kier molecular flexibility index (Phi) is 7.00. The van der Waals surface area contributed by atoms with Crippen molar-refractivity contribution in [3.8, 4) is 5.75 Å². The van der Waals surface area contributed by atoms with Crippen molar-refractivity contribution in [2.75, 3.05) is 19.1 Å². The molecule has 0 radical (unpaired) electrons. The minimum absolute atomic E-state index is 0. The third-order valence-electron chi connectivity index (χ3n) is 3.47. The molecule has 0 saturated carbocycles. The Morgan fingerprint density at radius 2 is 1.91 bits per heavy atom. The first-order chi connectivity index (χ1) is 10.5. The van der Waals surface area contributed by atoms with Crippen LogP contribution in [0.3, 0.4) is 0 Å². The van der Waals surface area contributed by atoms with Crippen molar-refractivity contribution in [2.24, 2.45) is 5.73 Å². The summed E-state index contributed by atoms with van der Waals surface area (Å²) in [7, 11) is 2.97. The lowest BCUT2D eigenvalue weighted by molar-refractivity contribution is -0.119. The van der Waals surface area contributed by atoms with Crippen molar-refractivity contribution in [1.82, 2.24) is 0 Å². The minimum Gasteiger partial charge on any atom is -0.494 e. The van der Waals surface area contributed by atoms with E-state index in [2.05, 4.69) is 0 Å². The summed E-state index contributed by atoms with van der Waals surface area (Å²) in [6, 6.07) is 13.2. The van der Waals surface area contributed by atoms with E-state index in [1.165, 1.54) is 24.1 Å². The Balaban J connectivity index is 0.00000264. The normalized spacial score (nSPS) is 11.3. The molecule has 0 heterocycles. The maximum Gasteiger partial charge on any atom is 0.243 e. The molecule has 2 aromatic rings. The van der Waals surface area contributed by atoms with Gasteiger partial charge in [-0.05, 0) is 24.1 Å². The van der Waals surface area contributed by atoms with Crippen LogP contribution in [-0.2, 0) is 11.2 Å². The van der Waals surface area contributed by atoms with Gasteiger partial charge in [0.15, 0.2) is 11.6 Å². The SMILES string of the molecule is COc1ccc(N(C)C(=O)[C@@H](N)Cc2ccccc2)cc1F.Cl. The summed E-state index contributed by atoms with van der Waals surface area (Å²) >= 11 is 0. The summed E-state index contributed by atoms with van der Waals surface area (Å²) in [4.78, 5) is 13.7. The monoisotopic (exact) mass is 338 g/mol. The quantitative estimate of drug-likeness (QED) is 0.912. The largest absolute Gasteiger partial charge is 0.494 e. The number of hydrogen-bond acceptors (Lipinski definition) is 3. The zero-order valence-electron chi connectivity index (χ0n) is 13.0. The highest BCUT2D eigenvalue weighted by molar-refractivity contribution is 5.96. The lowest BCUT2D eigenvalue weighted by Crippen LogP contribution is -2.43. The third kappa shape index (κ3) is 4.68. The summed E-state index contributed by atoms with van der Waals surface area (Å²) in [5.41, 5.74) is 7.39. The second-order valence-corrected chi connectivity index (χ2v) is 5.01. The van der Waals surface area contributed by atoms with E-state index in [4.69, 9.17) is 10.5 Å². The standard InChI is InChI=1S/C17H19FN2O2.ClH/c1-20(13-8-9-16(22-2)14(18)11-13)17(21)15(19)10-12-6-4-3-5-7-12;/h3-9,11,15H,10,19H2,1-2H3;1H/t15-;/m0./s1. The van der Waals surface area contributed by atoms with Gasteiger partial charge >= 0.3 is 0 Å². The van der Waals surface area contributed by atoms with E-state index in [9.17, 15) is 9.18 Å². The van der Waals surface area contributed by atoms with Gasteiger partial charge in [0.1, 0.15) is 0 Å². The topological polar surface area (TPSA) is 55.6 Å². The highest BCUT2D eigenvalue weighted by atomic mass is 35.5. The Hall–Kier alpha value is -2.11.